The van der Waals surface area contributed by atoms with Gasteiger partial charge in [0, 0.05) is 27.8 Å². The third-order valence-corrected chi connectivity index (χ3v) is 3.31. The van der Waals surface area contributed by atoms with Crippen LogP contribution in [0.4, 0.5) is 0 Å². The van der Waals surface area contributed by atoms with Crippen LogP contribution in [0.3, 0.4) is 0 Å². The first-order valence-corrected chi connectivity index (χ1v) is 5.84. The zero-order valence-corrected chi connectivity index (χ0v) is 10.2. The van der Waals surface area contributed by atoms with Crippen molar-refractivity contribution in [3.05, 3.63) is 20.8 Å². The van der Waals surface area contributed by atoms with E-state index in [1.807, 2.05) is 7.05 Å². The molecule has 1 atom stereocenters. The molecule has 2 nitrogen and oxygen atoms in total. The minimum absolute atomic E-state index is 0.256. The van der Waals surface area contributed by atoms with Crippen LogP contribution < -0.4 is 0 Å². The molecule has 0 saturated carbocycles. The van der Waals surface area contributed by atoms with Gasteiger partial charge in [-0.1, -0.05) is 0 Å². The molecule has 1 heterocycles. The molecule has 13 heavy (non-hydrogen) atoms. The summed E-state index contributed by atoms with van der Waals surface area (Å²) in [5.74, 6) is 0. The number of halogens is 1. The number of likely N-dealkylation sites (N-methyl/N-ethyl adjacent to an activating group) is 1. The zero-order chi connectivity index (χ0) is 9.84. The van der Waals surface area contributed by atoms with Crippen molar-refractivity contribution in [1.29, 1.82) is 0 Å². The first-order valence-electron chi connectivity index (χ1n) is 4.17. The topological polar surface area (TPSA) is 23.5 Å². The number of thiophene rings is 1. The summed E-state index contributed by atoms with van der Waals surface area (Å²) < 4.78 is 1.14. The van der Waals surface area contributed by atoms with Crippen LogP contribution in [-0.2, 0) is 6.54 Å². The second-order valence-corrected chi connectivity index (χ2v) is 5.19. The van der Waals surface area contributed by atoms with Gasteiger partial charge >= 0.3 is 0 Å². The fourth-order valence-corrected chi connectivity index (χ4v) is 2.75. The Balaban J connectivity index is 2.40. The highest BCUT2D eigenvalue weighted by Crippen LogP contribution is 2.20. The largest absolute Gasteiger partial charge is 0.392 e. The lowest BCUT2D eigenvalue weighted by atomic mass is 10.3. The van der Waals surface area contributed by atoms with Crippen LogP contribution in [0.25, 0.3) is 0 Å². The lowest BCUT2D eigenvalue weighted by Gasteiger charge is -2.16. The number of nitrogens with zero attached hydrogens (tertiary/aromatic N) is 1. The van der Waals surface area contributed by atoms with E-state index in [0.717, 1.165) is 17.6 Å². The van der Waals surface area contributed by atoms with Gasteiger partial charge in [-0.3, -0.25) is 4.90 Å². The summed E-state index contributed by atoms with van der Waals surface area (Å²) in [6, 6.07) is 2.11. The molecular weight excluding hydrogens is 250 g/mol. The SMILES string of the molecule is CC(O)CN(C)Cc1cc(Br)cs1. The molecule has 1 aromatic rings. The van der Waals surface area contributed by atoms with Crippen LogP contribution in [0.1, 0.15) is 11.8 Å². The molecule has 0 amide bonds. The van der Waals surface area contributed by atoms with Crippen molar-refractivity contribution in [3.8, 4) is 0 Å². The van der Waals surface area contributed by atoms with Crippen LogP contribution in [0.2, 0.25) is 0 Å². The van der Waals surface area contributed by atoms with Gasteiger partial charge in [-0.25, -0.2) is 0 Å². The highest BCUT2D eigenvalue weighted by atomic mass is 79.9. The third-order valence-electron chi connectivity index (χ3n) is 1.62. The van der Waals surface area contributed by atoms with Crippen molar-refractivity contribution in [2.75, 3.05) is 13.6 Å². The molecule has 0 saturated heterocycles. The smallest absolute Gasteiger partial charge is 0.0639 e. The Morgan fingerprint density at radius 2 is 2.38 bits per heavy atom. The minimum Gasteiger partial charge on any atom is -0.392 e. The summed E-state index contributed by atoms with van der Waals surface area (Å²) in [5.41, 5.74) is 0. The van der Waals surface area contributed by atoms with Gasteiger partial charge < -0.3 is 5.11 Å². The number of rotatable bonds is 4. The second kappa shape index (κ2) is 5.10. The summed E-state index contributed by atoms with van der Waals surface area (Å²) in [6.07, 6.45) is -0.256. The standard InChI is InChI=1S/C9H14BrNOS/c1-7(12)4-11(2)5-9-3-8(10)6-13-9/h3,6-7,12H,4-5H2,1-2H3. The van der Waals surface area contributed by atoms with Gasteiger partial charge in [0.25, 0.3) is 0 Å². The normalized spacial score (nSPS) is 13.6. The Kier molecular flexibility index (Phi) is 4.38. The minimum atomic E-state index is -0.256. The van der Waals surface area contributed by atoms with E-state index in [0.29, 0.717) is 0 Å². The molecule has 0 spiro atoms. The maximum Gasteiger partial charge on any atom is 0.0639 e. The van der Waals surface area contributed by atoms with Crippen LogP contribution >= 0.6 is 27.3 Å². The quantitative estimate of drug-likeness (QED) is 0.902. The molecule has 1 unspecified atom stereocenters. The molecule has 0 aromatic carbocycles. The van der Waals surface area contributed by atoms with Crippen molar-refractivity contribution in [1.82, 2.24) is 4.90 Å². The highest BCUT2D eigenvalue weighted by molar-refractivity contribution is 9.10. The first-order chi connectivity index (χ1) is 6.08. The predicted molar refractivity (Wildman–Crippen MR) is 60.0 cm³/mol. The number of aliphatic hydroxyl groups excluding tert-OH is 1. The molecule has 0 aliphatic rings. The molecule has 0 aliphatic carbocycles. The monoisotopic (exact) mass is 263 g/mol. The predicted octanol–water partition coefficient (Wildman–Crippen LogP) is 2.32. The fourth-order valence-electron chi connectivity index (χ4n) is 1.22. The average Bonchev–Trinajstić information content (AvgIpc) is 2.33. The molecule has 4 heteroatoms. The van der Waals surface area contributed by atoms with Gasteiger partial charge in [-0.15, -0.1) is 11.3 Å². The number of hydrogen-bond acceptors (Lipinski definition) is 3. The van der Waals surface area contributed by atoms with Gasteiger partial charge in [0.15, 0.2) is 0 Å². The van der Waals surface area contributed by atoms with Crippen molar-refractivity contribution in [3.63, 3.8) is 0 Å². The lowest BCUT2D eigenvalue weighted by Crippen LogP contribution is -2.26. The van der Waals surface area contributed by atoms with E-state index in [1.165, 1.54) is 4.88 Å². The Bertz CT molecular complexity index is 262. The van der Waals surface area contributed by atoms with E-state index in [1.54, 1.807) is 18.3 Å². The fraction of sp³-hybridized carbons (Fsp3) is 0.556. The van der Waals surface area contributed by atoms with Gasteiger partial charge in [0.1, 0.15) is 0 Å². The average molecular weight is 264 g/mol. The van der Waals surface area contributed by atoms with Crippen LogP contribution in [-0.4, -0.2) is 29.7 Å². The molecule has 1 N–H and O–H groups in total. The van der Waals surface area contributed by atoms with Crippen LogP contribution in [0.15, 0.2) is 15.9 Å². The summed E-state index contributed by atoms with van der Waals surface area (Å²) >= 11 is 5.15. The summed E-state index contributed by atoms with van der Waals surface area (Å²) in [7, 11) is 2.01. The molecule has 74 valence electrons. The Morgan fingerprint density at radius 1 is 1.69 bits per heavy atom. The molecule has 0 radical (unpaired) electrons. The zero-order valence-electron chi connectivity index (χ0n) is 7.83. The molecule has 1 aromatic heterocycles. The maximum absolute atomic E-state index is 9.16. The molecule has 1 rings (SSSR count). The van der Waals surface area contributed by atoms with E-state index >= 15 is 0 Å². The van der Waals surface area contributed by atoms with Crippen LogP contribution in [0.5, 0.6) is 0 Å². The Labute approximate surface area is 91.3 Å². The Morgan fingerprint density at radius 3 is 2.85 bits per heavy atom. The molecular formula is C9H14BrNOS. The van der Waals surface area contributed by atoms with Crippen LogP contribution in [0, 0.1) is 0 Å². The van der Waals surface area contributed by atoms with E-state index in [4.69, 9.17) is 5.11 Å². The summed E-state index contributed by atoms with van der Waals surface area (Å²) in [4.78, 5) is 3.43. The first kappa shape index (κ1) is 11.2. The number of aliphatic hydroxyl groups is 1. The van der Waals surface area contributed by atoms with Crippen molar-refractivity contribution in [2.45, 2.75) is 19.6 Å². The van der Waals surface area contributed by atoms with E-state index in [-0.39, 0.29) is 6.10 Å². The maximum atomic E-state index is 9.16. The lowest BCUT2D eigenvalue weighted by molar-refractivity contribution is 0.139. The summed E-state index contributed by atoms with van der Waals surface area (Å²) in [6.45, 7) is 3.43. The van der Waals surface area contributed by atoms with E-state index in [2.05, 4.69) is 32.3 Å². The van der Waals surface area contributed by atoms with Crippen molar-refractivity contribution < 1.29 is 5.11 Å². The second-order valence-electron chi connectivity index (χ2n) is 3.28. The van der Waals surface area contributed by atoms with E-state index in [9.17, 15) is 0 Å². The van der Waals surface area contributed by atoms with Crippen molar-refractivity contribution in [2.24, 2.45) is 0 Å². The van der Waals surface area contributed by atoms with Crippen molar-refractivity contribution >= 4 is 27.3 Å². The Hall–Kier alpha value is 0.1000. The highest BCUT2D eigenvalue weighted by Gasteiger charge is 2.05. The van der Waals surface area contributed by atoms with Gasteiger partial charge in [0.05, 0.1) is 6.10 Å². The summed E-state index contributed by atoms with van der Waals surface area (Å²) in [5, 5.41) is 11.2. The molecule has 0 bridgehead atoms. The van der Waals surface area contributed by atoms with Gasteiger partial charge in [-0.2, -0.15) is 0 Å². The molecule has 0 fully saturated rings. The van der Waals surface area contributed by atoms with Gasteiger partial charge in [-0.05, 0) is 36.0 Å². The van der Waals surface area contributed by atoms with E-state index < -0.39 is 0 Å². The number of hydrogen-bond donors (Lipinski definition) is 1. The third kappa shape index (κ3) is 4.22. The molecule has 0 aliphatic heterocycles. The van der Waals surface area contributed by atoms with Gasteiger partial charge in [0.2, 0.25) is 0 Å².